The fourth-order valence-electron chi connectivity index (χ4n) is 3.45. The second-order valence-corrected chi connectivity index (χ2v) is 5.92. The van der Waals surface area contributed by atoms with E-state index in [1.54, 1.807) is 12.1 Å². The average Bonchev–Trinajstić information content (AvgIpc) is 3.01. The van der Waals surface area contributed by atoms with Crippen molar-refractivity contribution >= 4 is 0 Å². The topological polar surface area (TPSA) is 18.5 Å². The molecular weight excluding hydrogens is 253 g/mol. The lowest BCUT2D eigenvalue weighted by Crippen LogP contribution is -2.51. The number of benzene rings is 1. The minimum atomic E-state index is -0.0811. The van der Waals surface area contributed by atoms with E-state index >= 15 is 0 Å². The Morgan fingerprint density at radius 1 is 1.20 bits per heavy atom. The molecule has 3 nitrogen and oxygen atoms in total. The number of nitrogens with one attached hydrogen (secondary N) is 1. The molecule has 4 heteroatoms. The van der Waals surface area contributed by atoms with E-state index in [1.165, 1.54) is 6.42 Å². The van der Waals surface area contributed by atoms with Gasteiger partial charge in [-0.25, -0.2) is 4.39 Å². The van der Waals surface area contributed by atoms with E-state index in [0.717, 1.165) is 44.8 Å². The second kappa shape index (κ2) is 6.20. The lowest BCUT2D eigenvalue weighted by Gasteiger charge is -2.40. The normalized spacial score (nSPS) is 26.8. The zero-order chi connectivity index (χ0) is 13.9. The predicted molar refractivity (Wildman–Crippen MR) is 79.2 cm³/mol. The largest absolute Gasteiger partial charge is 0.315 e. The first-order valence-electron chi connectivity index (χ1n) is 7.69. The van der Waals surface area contributed by atoms with Crippen LogP contribution in [0.5, 0.6) is 0 Å². The molecule has 3 rings (SSSR count). The third-order valence-electron chi connectivity index (χ3n) is 4.80. The molecular formula is C16H24FN3. The Kier molecular flexibility index (Phi) is 4.34. The highest BCUT2D eigenvalue weighted by Gasteiger charge is 2.28. The number of rotatable bonds is 3. The maximum absolute atomic E-state index is 13.9. The van der Waals surface area contributed by atoms with Crippen LogP contribution in [0.15, 0.2) is 24.3 Å². The number of halogens is 1. The standard InChI is InChI=1S/C16H24FN3/c1-13(15-4-2-3-5-16(15)17)19-8-10-20(11-9-19)14-6-7-18-12-14/h2-5,13-14,18H,6-12H2,1H3. The van der Waals surface area contributed by atoms with Crippen LogP contribution < -0.4 is 5.32 Å². The first-order chi connectivity index (χ1) is 9.75. The van der Waals surface area contributed by atoms with Gasteiger partial charge in [-0.2, -0.15) is 0 Å². The molecule has 110 valence electrons. The molecule has 0 amide bonds. The van der Waals surface area contributed by atoms with Gasteiger partial charge in [0.25, 0.3) is 0 Å². The van der Waals surface area contributed by atoms with E-state index in [-0.39, 0.29) is 11.9 Å². The molecule has 2 heterocycles. The molecule has 1 N–H and O–H groups in total. The Morgan fingerprint density at radius 2 is 1.95 bits per heavy atom. The van der Waals surface area contributed by atoms with Crippen molar-refractivity contribution in [3.63, 3.8) is 0 Å². The summed E-state index contributed by atoms with van der Waals surface area (Å²) in [5.74, 6) is -0.0811. The minimum absolute atomic E-state index is 0.0811. The lowest BCUT2D eigenvalue weighted by atomic mass is 10.0. The van der Waals surface area contributed by atoms with Crippen LogP contribution in [-0.4, -0.2) is 55.1 Å². The Bertz CT molecular complexity index is 437. The van der Waals surface area contributed by atoms with Gasteiger partial charge in [-0.15, -0.1) is 0 Å². The van der Waals surface area contributed by atoms with Gasteiger partial charge in [-0.3, -0.25) is 9.80 Å². The van der Waals surface area contributed by atoms with Crippen molar-refractivity contribution in [3.8, 4) is 0 Å². The van der Waals surface area contributed by atoms with Crippen molar-refractivity contribution in [2.75, 3.05) is 39.3 Å². The maximum Gasteiger partial charge on any atom is 0.127 e. The molecule has 0 aliphatic carbocycles. The smallest absolute Gasteiger partial charge is 0.127 e. The molecule has 0 bridgehead atoms. The highest BCUT2D eigenvalue weighted by atomic mass is 19.1. The average molecular weight is 277 g/mol. The maximum atomic E-state index is 13.9. The van der Waals surface area contributed by atoms with Crippen LogP contribution in [0.1, 0.15) is 24.9 Å². The van der Waals surface area contributed by atoms with Crippen LogP contribution >= 0.6 is 0 Å². The zero-order valence-electron chi connectivity index (χ0n) is 12.2. The molecule has 20 heavy (non-hydrogen) atoms. The van der Waals surface area contributed by atoms with Crippen LogP contribution in [0, 0.1) is 5.82 Å². The van der Waals surface area contributed by atoms with Gasteiger partial charge in [-0.1, -0.05) is 18.2 Å². The van der Waals surface area contributed by atoms with E-state index in [1.807, 2.05) is 12.1 Å². The minimum Gasteiger partial charge on any atom is -0.315 e. The highest BCUT2D eigenvalue weighted by molar-refractivity contribution is 5.20. The van der Waals surface area contributed by atoms with Crippen molar-refractivity contribution in [1.82, 2.24) is 15.1 Å². The molecule has 2 unspecified atom stereocenters. The molecule has 2 atom stereocenters. The quantitative estimate of drug-likeness (QED) is 0.910. The molecule has 2 aliphatic heterocycles. The van der Waals surface area contributed by atoms with Gasteiger partial charge in [-0.05, 0) is 26.0 Å². The van der Waals surface area contributed by atoms with Crippen LogP contribution in [-0.2, 0) is 0 Å². The SMILES string of the molecule is CC(c1ccccc1F)N1CCN(C2CCNC2)CC1. The Balaban J connectivity index is 1.59. The molecule has 0 spiro atoms. The van der Waals surface area contributed by atoms with E-state index < -0.39 is 0 Å². The predicted octanol–water partition coefficient (Wildman–Crippen LogP) is 1.87. The number of nitrogens with zero attached hydrogens (tertiary/aromatic N) is 2. The summed E-state index contributed by atoms with van der Waals surface area (Å²) in [6.45, 7) is 8.67. The number of hydrogen-bond acceptors (Lipinski definition) is 3. The molecule has 1 aromatic carbocycles. The van der Waals surface area contributed by atoms with Gasteiger partial charge in [0.1, 0.15) is 5.82 Å². The third kappa shape index (κ3) is 2.87. The van der Waals surface area contributed by atoms with Crippen molar-refractivity contribution in [3.05, 3.63) is 35.6 Å². The van der Waals surface area contributed by atoms with Gasteiger partial charge in [0.2, 0.25) is 0 Å². The van der Waals surface area contributed by atoms with Gasteiger partial charge >= 0.3 is 0 Å². The fourth-order valence-corrected chi connectivity index (χ4v) is 3.45. The van der Waals surface area contributed by atoms with Crippen molar-refractivity contribution in [2.45, 2.75) is 25.4 Å². The van der Waals surface area contributed by atoms with Crippen LogP contribution in [0.2, 0.25) is 0 Å². The second-order valence-electron chi connectivity index (χ2n) is 5.92. The van der Waals surface area contributed by atoms with Crippen molar-refractivity contribution < 1.29 is 4.39 Å². The Morgan fingerprint density at radius 3 is 2.60 bits per heavy atom. The van der Waals surface area contributed by atoms with Crippen molar-refractivity contribution in [1.29, 1.82) is 0 Å². The highest BCUT2D eigenvalue weighted by Crippen LogP contribution is 2.24. The fraction of sp³-hybridized carbons (Fsp3) is 0.625. The summed E-state index contributed by atoms with van der Waals surface area (Å²) in [5, 5.41) is 3.43. The molecule has 0 radical (unpaired) electrons. The zero-order valence-corrected chi connectivity index (χ0v) is 12.2. The van der Waals surface area contributed by atoms with E-state index in [2.05, 4.69) is 22.0 Å². The summed E-state index contributed by atoms with van der Waals surface area (Å²) >= 11 is 0. The van der Waals surface area contributed by atoms with Gasteiger partial charge in [0.05, 0.1) is 0 Å². The van der Waals surface area contributed by atoms with E-state index in [9.17, 15) is 4.39 Å². The molecule has 2 saturated heterocycles. The molecule has 0 aromatic heterocycles. The summed E-state index contributed by atoms with van der Waals surface area (Å²) in [5.41, 5.74) is 0.823. The first-order valence-corrected chi connectivity index (χ1v) is 7.69. The van der Waals surface area contributed by atoms with Gasteiger partial charge in [0.15, 0.2) is 0 Å². The van der Waals surface area contributed by atoms with E-state index in [4.69, 9.17) is 0 Å². The summed E-state index contributed by atoms with van der Waals surface area (Å²) in [4.78, 5) is 4.99. The monoisotopic (exact) mass is 277 g/mol. The molecule has 1 aromatic rings. The van der Waals surface area contributed by atoms with E-state index in [0.29, 0.717) is 6.04 Å². The van der Waals surface area contributed by atoms with Crippen LogP contribution in [0.25, 0.3) is 0 Å². The molecule has 2 aliphatic rings. The van der Waals surface area contributed by atoms with Crippen LogP contribution in [0.3, 0.4) is 0 Å². The van der Waals surface area contributed by atoms with Gasteiger partial charge < -0.3 is 5.32 Å². The number of piperazine rings is 1. The Hall–Kier alpha value is -0.970. The lowest BCUT2D eigenvalue weighted by molar-refractivity contribution is 0.0777. The molecule has 2 fully saturated rings. The van der Waals surface area contributed by atoms with Crippen molar-refractivity contribution in [2.24, 2.45) is 0 Å². The summed E-state index contributed by atoms with van der Waals surface area (Å²) < 4.78 is 13.9. The van der Waals surface area contributed by atoms with Gasteiger partial charge in [0, 0.05) is 50.4 Å². The summed E-state index contributed by atoms with van der Waals surface area (Å²) in [6, 6.07) is 8.03. The number of hydrogen-bond donors (Lipinski definition) is 1. The first kappa shape index (κ1) is 14.0. The summed E-state index contributed by atoms with van der Waals surface area (Å²) in [7, 11) is 0. The van der Waals surface area contributed by atoms with Crippen LogP contribution in [0.4, 0.5) is 4.39 Å². The molecule has 0 saturated carbocycles. The Labute approximate surface area is 120 Å². The third-order valence-corrected chi connectivity index (χ3v) is 4.80. The summed E-state index contributed by atoms with van der Waals surface area (Å²) in [6.07, 6.45) is 1.27.